The van der Waals surface area contributed by atoms with Crippen LogP contribution in [0.4, 0.5) is 0 Å². The van der Waals surface area contributed by atoms with Gasteiger partial charge in [0.2, 0.25) is 0 Å². The number of nitrogens with one attached hydrogen (secondary N) is 1. The number of hydrogen-bond acceptors (Lipinski definition) is 4. The summed E-state index contributed by atoms with van der Waals surface area (Å²) < 4.78 is 2.04. The molecule has 2 aromatic heterocycles. The van der Waals surface area contributed by atoms with Crippen LogP contribution in [-0.2, 0) is 0 Å². The smallest absolute Gasteiger partial charge is 0.335 e. The van der Waals surface area contributed by atoms with E-state index in [4.69, 9.17) is 12.2 Å². The van der Waals surface area contributed by atoms with Gasteiger partial charge in [-0.25, -0.2) is 4.79 Å². The number of benzene rings is 1. The maximum absolute atomic E-state index is 11.2. The van der Waals surface area contributed by atoms with Crippen molar-refractivity contribution in [2.24, 2.45) is 0 Å². The number of carboxylic acid groups (broad SMARTS) is 1. The molecule has 0 radical (unpaired) electrons. The lowest BCUT2D eigenvalue weighted by atomic mass is 10.0. The van der Waals surface area contributed by atoms with Gasteiger partial charge in [0.05, 0.1) is 23.3 Å². The lowest BCUT2D eigenvalue weighted by molar-refractivity contribution is 0.0697. The number of carboxylic acids is 1. The molecule has 0 amide bonds. The minimum Gasteiger partial charge on any atom is -0.478 e. The predicted octanol–water partition coefficient (Wildman–Crippen LogP) is 2.93. The van der Waals surface area contributed by atoms with E-state index in [1.807, 2.05) is 41.1 Å². The maximum Gasteiger partial charge on any atom is 0.335 e. The summed E-state index contributed by atoms with van der Waals surface area (Å²) in [7, 11) is 0. The first kappa shape index (κ1) is 20.1. The molecule has 3 aromatic rings. The number of hydrogen-bond donors (Lipinski definition) is 3. The third-order valence-electron chi connectivity index (χ3n) is 5.23. The van der Waals surface area contributed by atoms with Crippen LogP contribution >= 0.6 is 12.2 Å². The molecule has 0 unspecified atom stereocenters. The van der Waals surface area contributed by atoms with Crippen molar-refractivity contribution < 1.29 is 15.0 Å². The summed E-state index contributed by atoms with van der Waals surface area (Å²) in [6.07, 6.45) is 4.31. The van der Waals surface area contributed by atoms with Gasteiger partial charge in [-0.15, -0.1) is 0 Å². The molecule has 0 aliphatic carbocycles. The Bertz CT molecular complexity index is 1040. The zero-order valence-corrected chi connectivity index (χ0v) is 17.0. The van der Waals surface area contributed by atoms with Gasteiger partial charge in [0, 0.05) is 36.9 Å². The predicted molar refractivity (Wildman–Crippen MR) is 117 cm³/mol. The number of aromatic nitrogens is 2. The summed E-state index contributed by atoms with van der Waals surface area (Å²) in [5, 5.41) is 22.6. The molecule has 4 rings (SSSR count). The van der Waals surface area contributed by atoms with E-state index >= 15 is 0 Å². The zero-order chi connectivity index (χ0) is 21.1. The Labute approximate surface area is 179 Å². The Balaban J connectivity index is 1.76. The second-order valence-corrected chi connectivity index (χ2v) is 7.44. The molecule has 0 saturated carbocycles. The third kappa shape index (κ3) is 3.79. The molecule has 30 heavy (non-hydrogen) atoms. The van der Waals surface area contributed by atoms with Gasteiger partial charge in [-0.1, -0.05) is 6.07 Å². The Kier molecular flexibility index (Phi) is 5.78. The molecule has 1 saturated heterocycles. The first-order chi connectivity index (χ1) is 14.6. The Morgan fingerprint density at radius 2 is 1.93 bits per heavy atom. The van der Waals surface area contributed by atoms with Crippen molar-refractivity contribution in [3.05, 3.63) is 83.9 Å². The Morgan fingerprint density at radius 3 is 2.60 bits per heavy atom. The van der Waals surface area contributed by atoms with E-state index < -0.39 is 5.97 Å². The van der Waals surface area contributed by atoms with Gasteiger partial charge >= 0.3 is 5.97 Å². The van der Waals surface area contributed by atoms with Gasteiger partial charge < -0.3 is 25.0 Å². The summed E-state index contributed by atoms with van der Waals surface area (Å²) >= 11 is 5.62. The highest BCUT2D eigenvalue weighted by Crippen LogP contribution is 2.39. The molecule has 1 aliphatic heterocycles. The second kappa shape index (κ2) is 8.64. The van der Waals surface area contributed by atoms with Gasteiger partial charge in [-0.3, -0.25) is 4.98 Å². The largest absolute Gasteiger partial charge is 0.478 e. The highest BCUT2D eigenvalue weighted by molar-refractivity contribution is 7.80. The molecule has 8 heteroatoms. The van der Waals surface area contributed by atoms with Gasteiger partial charge in [-0.2, -0.15) is 0 Å². The Hall–Kier alpha value is -3.23. The van der Waals surface area contributed by atoms with E-state index in [-0.39, 0.29) is 24.3 Å². The number of carbonyl (C=O) groups is 1. The Morgan fingerprint density at radius 1 is 1.13 bits per heavy atom. The number of thiocarbonyl (C=S) groups is 1. The van der Waals surface area contributed by atoms with Crippen LogP contribution in [0.5, 0.6) is 0 Å². The van der Waals surface area contributed by atoms with Crippen LogP contribution in [0, 0.1) is 0 Å². The first-order valence-corrected chi connectivity index (χ1v) is 10.1. The molecule has 1 aliphatic rings. The average Bonchev–Trinajstić information content (AvgIpc) is 3.37. The summed E-state index contributed by atoms with van der Waals surface area (Å²) in [6.45, 7) is 0.692. The molecule has 0 spiro atoms. The molecular weight excluding hydrogens is 400 g/mol. The number of nitrogens with zero attached hydrogens (tertiary/aromatic N) is 3. The highest BCUT2D eigenvalue weighted by atomic mass is 32.1. The van der Waals surface area contributed by atoms with Crippen LogP contribution in [-0.4, -0.2) is 48.9 Å². The minimum atomic E-state index is -0.954. The van der Waals surface area contributed by atoms with Crippen molar-refractivity contribution in [1.82, 2.24) is 19.8 Å². The zero-order valence-electron chi connectivity index (χ0n) is 16.2. The standard InChI is InChI=1S/C22H22N4O3S/c27-14-4-13-26-20(19(24-22(26)30)17-5-1-2-11-23-17)18-6-3-12-25(18)16-9-7-15(8-10-16)21(28)29/h1-3,5-12,19-20,27H,4,13-14H2,(H,24,30)(H,28,29)/t19-,20+/m0/s1. The topological polar surface area (TPSA) is 90.6 Å². The quantitative estimate of drug-likeness (QED) is 0.504. The fourth-order valence-corrected chi connectivity index (χ4v) is 4.18. The fourth-order valence-electron chi connectivity index (χ4n) is 3.84. The summed E-state index contributed by atoms with van der Waals surface area (Å²) in [5.74, 6) is -0.954. The van der Waals surface area contributed by atoms with Crippen molar-refractivity contribution in [1.29, 1.82) is 0 Å². The molecule has 1 fully saturated rings. The number of pyridine rings is 1. The van der Waals surface area contributed by atoms with Gasteiger partial charge in [0.1, 0.15) is 0 Å². The highest BCUT2D eigenvalue weighted by Gasteiger charge is 2.40. The van der Waals surface area contributed by atoms with E-state index in [9.17, 15) is 15.0 Å². The molecule has 3 N–H and O–H groups in total. The monoisotopic (exact) mass is 422 g/mol. The van der Waals surface area contributed by atoms with E-state index in [2.05, 4.69) is 15.2 Å². The van der Waals surface area contributed by atoms with Crippen molar-refractivity contribution >= 4 is 23.3 Å². The van der Waals surface area contributed by atoms with Crippen molar-refractivity contribution in [3.8, 4) is 5.69 Å². The van der Waals surface area contributed by atoms with E-state index in [1.165, 1.54) is 0 Å². The summed E-state index contributed by atoms with van der Waals surface area (Å²) in [4.78, 5) is 17.8. The lowest BCUT2D eigenvalue weighted by Crippen LogP contribution is -2.31. The molecule has 3 heterocycles. The number of aromatic carboxylic acids is 1. The number of aliphatic hydroxyl groups is 1. The minimum absolute atomic E-state index is 0.0811. The molecule has 0 bridgehead atoms. The molecule has 7 nitrogen and oxygen atoms in total. The molecular formula is C22H22N4O3S. The van der Waals surface area contributed by atoms with E-state index in [1.54, 1.807) is 30.5 Å². The SMILES string of the molecule is O=C(O)c1ccc(-n2cccc2[C@@H]2[C@H](c3ccccn3)NC(=S)N2CCCO)cc1. The van der Waals surface area contributed by atoms with Crippen molar-refractivity contribution in [2.75, 3.05) is 13.2 Å². The molecule has 1 aromatic carbocycles. The van der Waals surface area contributed by atoms with Crippen LogP contribution in [0.25, 0.3) is 5.69 Å². The average molecular weight is 423 g/mol. The summed E-state index contributed by atoms with van der Waals surface area (Å²) in [5.41, 5.74) is 2.98. The lowest BCUT2D eigenvalue weighted by Gasteiger charge is -2.28. The number of aliphatic hydroxyl groups excluding tert-OH is 1. The van der Waals surface area contributed by atoms with Crippen LogP contribution < -0.4 is 5.32 Å². The molecule has 154 valence electrons. The van der Waals surface area contributed by atoms with Crippen LogP contribution in [0.3, 0.4) is 0 Å². The van der Waals surface area contributed by atoms with Gasteiger partial charge in [0.25, 0.3) is 0 Å². The van der Waals surface area contributed by atoms with Crippen molar-refractivity contribution in [2.45, 2.75) is 18.5 Å². The van der Waals surface area contributed by atoms with Crippen LogP contribution in [0.2, 0.25) is 0 Å². The first-order valence-electron chi connectivity index (χ1n) is 9.70. The van der Waals surface area contributed by atoms with E-state index in [0.717, 1.165) is 17.1 Å². The second-order valence-electron chi connectivity index (χ2n) is 7.05. The van der Waals surface area contributed by atoms with E-state index in [0.29, 0.717) is 18.1 Å². The van der Waals surface area contributed by atoms with Crippen LogP contribution in [0.1, 0.15) is 40.3 Å². The van der Waals surface area contributed by atoms with Crippen molar-refractivity contribution in [3.63, 3.8) is 0 Å². The van der Waals surface area contributed by atoms with Crippen LogP contribution in [0.15, 0.2) is 67.0 Å². The molecule has 2 atom stereocenters. The maximum atomic E-state index is 11.2. The number of rotatable bonds is 7. The normalized spacial score (nSPS) is 18.4. The van der Waals surface area contributed by atoms with Gasteiger partial charge in [-0.05, 0) is 67.2 Å². The van der Waals surface area contributed by atoms with Gasteiger partial charge in [0.15, 0.2) is 5.11 Å². The summed E-state index contributed by atoms with van der Waals surface area (Å²) in [6, 6.07) is 16.3. The third-order valence-corrected chi connectivity index (χ3v) is 5.58. The fraction of sp³-hybridized carbons (Fsp3) is 0.227.